The van der Waals surface area contributed by atoms with Gasteiger partial charge in [0.15, 0.2) is 18.4 Å². The average Bonchev–Trinajstić information content (AvgIpc) is 3.18. The molecule has 4 fully saturated rings. The number of benzene rings is 1. The summed E-state index contributed by atoms with van der Waals surface area (Å²) in [7, 11) is 1.74. The van der Waals surface area contributed by atoms with Crippen LogP contribution in [-0.4, -0.2) is 49.7 Å². The topological polar surface area (TPSA) is 64.7 Å². The molecule has 3 saturated heterocycles. The van der Waals surface area contributed by atoms with Gasteiger partial charge in [0.2, 0.25) is 0 Å². The molecule has 0 amide bonds. The van der Waals surface area contributed by atoms with Gasteiger partial charge in [-0.1, -0.05) is 38.6 Å². The van der Waals surface area contributed by atoms with E-state index >= 15 is 0 Å². The van der Waals surface area contributed by atoms with Crippen LogP contribution in [0.5, 0.6) is 0 Å². The van der Waals surface area contributed by atoms with Crippen molar-refractivity contribution in [3.8, 4) is 0 Å². The number of hydrogen-bond acceptors (Lipinski definition) is 5. The molecular weight excluding hydrogens is 392 g/mol. The number of nitrogens with one attached hydrogen (secondary N) is 2. The zero-order valence-electron chi connectivity index (χ0n) is 18.7. The van der Waals surface area contributed by atoms with E-state index in [0.29, 0.717) is 18.6 Å². The summed E-state index contributed by atoms with van der Waals surface area (Å²) in [6.07, 6.45) is 4.14. The van der Waals surface area contributed by atoms with Crippen LogP contribution in [0.1, 0.15) is 32.3 Å². The largest absolute Gasteiger partial charge is 0.361 e. The van der Waals surface area contributed by atoms with Crippen LogP contribution in [-0.2, 0) is 25.4 Å². The summed E-state index contributed by atoms with van der Waals surface area (Å²) in [6.45, 7) is 10.2. The second kappa shape index (κ2) is 8.34. The van der Waals surface area contributed by atoms with Crippen LogP contribution >= 0.6 is 0 Å². The van der Waals surface area contributed by atoms with Gasteiger partial charge in [-0.05, 0) is 48.4 Å². The highest BCUT2D eigenvalue weighted by Crippen LogP contribution is 2.56. The Kier molecular flexibility index (Phi) is 5.69. The van der Waals surface area contributed by atoms with Gasteiger partial charge in [-0.3, -0.25) is 0 Å². The standard InChI is InChI=1S/C25H34N2O4/c1-15(2)14-29-24-22-20-11-18(12-25(22,28-4)31-23(30-24)16(20)3)26-10-9-17-13-27-21-8-6-5-7-19(17)21/h5-8,13,15,18,20,22-24,26-27H,3,9-12,14H2,1-2,4H3/t18-,20-,22+,23+,24+,25+/m0/s1. The second-order valence-electron chi connectivity index (χ2n) is 9.60. The van der Waals surface area contributed by atoms with Crippen molar-refractivity contribution in [1.29, 1.82) is 0 Å². The normalized spacial score (nSPS) is 34.7. The number of fused-ring (bicyclic) bond motifs is 2. The molecule has 6 rings (SSSR count). The quantitative estimate of drug-likeness (QED) is 0.625. The van der Waals surface area contributed by atoms with Crippen molar-refractivity contribution in [1.82, 2.24) is 10.3 Å². The molecule has 4 heterocycles. The van der Waals surface area contributed by atoms with Gasteiger partial charge >= 0.3 is 0 Å². The summed E-state index contributed by atoms with van der Waals surface area (Å²) in [4.78, 5) is 3.37. The van der Waals surface area contributed by atoms with Gasteiger partial charge in [-0.25, -0.2) is 0 Å². The molecule has 0 radical (unpaired) electrons. The number of rotatable bonds is 8. The van der Waals surface area contributed by atoms with E-state index in [1.165, 1.54) is 16.5 Å². The van der Waals surface area contributed by atoms with E-state index in [1.54, 1.807) is 7.11 Å². The Balaban J connectivity index is 1.26. The molecule has 6 heteroatoms. The van der Waals surface area contributed by atoms with E-state index in [4.69, 9.17) is 18.9 Å². The maximum absolute atomic E-state index is 6.31. The molecule has 0 unspecified atom stereocenters. The highest BCUT2D eigenvalue weighted by molar-refractivity contribution is 5.83. The Hall–Kier alpha value is -1.70. The van der Waals surface area contributed by atoms with E-state index in [1.807, 2.05) is 0 Å². The smallest absolute Gasteiger partial charge is 0.186 e. The lowest BCUT2D eigenvalue weighted by molar-refractivity contribution is -0.448. The first kappa shape index (κ1) is 21.2. The highest BCUT2D eigenvalue weighted by atomic mass is 16.8. The average molecular weight is 427 g/mol. The third-order valence-corrected chi connectivity index (χ3v) is 7.09. The van der Waals surface area contributed by atoms with Gasteiger partial charge in [0.1, 0.15) is 0 Å². The van der Waals surface area contributed by atoms with Crippen molar-refractivity contribution in [2.75, 3.05) is 20.3 Å². The van der Waals surface area contributed by atoms with Crippen LogP contribution in [0.2, 0.25) is 0 Å². The van der Waals surface area contributed by atoms with E-state index in [2.05, 4.69) is 61.2 Å². The third-order valence-electron chi connectivity index (χ3n) is 7.09. The summed E-state index contributed by atoms with van der Waals surface area (Å²) >= 11 is 0. The molecule has 6 nitrogen and oxygen atoms in total. The minimum atomic E-state index is -0.687. The predicted octanol–water partition coefficient (Wildman–Crippen LogP) is 3.98. The number of aromatic nitrogens is 1. The van der Waals surface area contributed by atoms with E-state index in [-0.39, 0.29) is 18.1 Å². The molecular formula is C25H34N2O4. The Morgan fingerprint density at radius 3 is 2.97 bits per heavy atom. The fraction of sp³-hybridized carbons (Fsp3) is 0.600. The first-order valence-corrected chi connectivity index (χ1v) is 11.5. The van der Waals surface area contributed by atoms with Gasteiger partial charge in [-0.2, -0.15) is 0 Å². The van der Waals surface area contributed by atoms with Gasteiger partial charge in [0.05, 0.1) is 12.5 Å². The van der Waals surface area contributed by atoms with Crippen LogP contribution < -0.4 is 5.32 Å². The lowest BCUT2D eigenvalue weighted by atomic mass is 9.66. The Bertz CT molecular complexity index is 940. The molecule has 3 aliphatic heterocycles. The molecule has 6 atom stereocenters. The van der Waals surface area contributed by atoms with Crippen molar-refractivity contribution < 1.29 is 18.9 Å². The maximum Gasteiger partial charge on any atom is 0.186 e. The molecule has 168 valence electrons. The third kappa shape index (κ3) is 3.74. The van der Waals surface area contributed by atoms with Crippen LogP contribution in [0.4, 0.5) is 0 Å². The van der Waals surface area contributed by atoms with Gasteiger partial charge in [0.25, 0.3) is 0 Å². The van der Waals surface area contributed by atoms with Crippen molar-refractivity contribution in [3.05, 3.63) is 48.2 Å². The van der Waals surface area contributed by atoms with Gasteiger partial charge in [-0.15, -0.1) is 0 Å². The van der Waals surface area contributed by atoms with Crippen molar-refractivity contribution in [3.63, 3.8) is 0 Å². The minimum absolute atomic E-state index is 0.0143. The monoisotopic (exact) mass is 426 g/mol. The van der Waals surface area contributed by atoms with Crippen molar-refractivity contribution >= 4 is 10.9 Å². The number of ether oxygens (including phenoxy) is 4. The first-order valence-electron chi connectivity index (χ1n) is 11.5. The second-order valence-corrected chi connectivity index (χ2v) is 9.60. The highest BCUT2D eigenvalue weighted by Gasteiger charge is 2.64. The van der Waals surface area contributed by atoms with E-state index < -0.39 is 12.1 Å². The van der Waals surface area contributed by atoms with Crippen molar-refractivity contribution in [2.45, 2.75) is 57.5 Å². The molecule has 1 aromatic heterocycles. The van der Waals surface area contributed by atoms with Crippen LogP contribution in [0.3, 0.4) is 0 Å². The minimum Gasteiger partial charge on any atom is -0.361 e. The maximum atomic E-state index is 6.31. The Morgan fingerprint density at radius 1 is 1.32 bits per heavy atom. The Labute approximate surface area is 184 Å². The summed E-state index contributed by atoms with van der Waals surface area (Å²) in [5, 5.41) is 5.06. The lowest BCUT2D eigenvalue weighted by Gasteiger charge is -2.61. The van der Waals surface area contributed by atoms with E-state index in [0.717, 1.165) is 31.4 Å². The number of H-pyrrole nitrogens is 1. The molecule has 1 aliphatic carbocycles. The van der Waals surface area contributed by atoms with Gasteiger partial charge in [0, 0.05) is 36.7 Å². The van der Waals surface area contributed by atoms with Crippen molar-refractivity contribution in [2.24, 2.45) is 17.8 Å². The Morgan fingerprint density at radius 2 is 2.16 bits per heavy atom. The fourth-order valence-corrected chi connectivity index (χ4v) is 5.58. The summed E-state index contributed by atoms with van der Waals surface area (Å²) < 4.78 is 24.6. The summed E-state index contributed by atoms with van der Waals surface area (Å²) in [5.41, 5.74) is 3.55. The molecule has 2 aromatic rings. The predicted molar refractivity (Wildman–Crippen MR) is 119 cm³/mol. The zero-order valence-corrected chi connectivity index (χ0v) is 18.7. The lowest BCUT2D eigenvalue weighted by Crippen LogP contribution is -2.69. The zero-order chi connectivity index (χ0) is 21.6. The number of para-hydroxylation sites is 1. The molecule has 4 bridgehead atoms. The van der Waals surface area contributed by atoms with Crippen LogP contribution in [0.15, 0.2) is 42.6 Å². The van der Waals surface area contributed by atoms with Gasteiger partial charge < -0.3 is 29.2 Å². The first-order chi connectivity index (χ1) is 15.0. The number of methoxy groups -OCH3 is 1. The SMILES string of the molecule is C=C1[C@@H]2O[C@@H](OCC(C)C)[C@H]3[C@H]1C[C@H](NCCc1c[nH]c4ccccc14)C[C@@]3(OC)O2. The molecule has 31 heavy (non-hydrogen) atoms. The summed E-state index contributed by atoms with van der Waals surface area (Å²) in [5.74, 6) is 0.0439. The fourth-order valence-electron chi connectivity index (χ4n) is 5.58. The summed E-state index contributed by atoms with van der Waals surface area (Å²) in [6, 6.07) is 8.75. The number of aromatic amines is 1. The molecule has 1 saturated carbocycles. The molecule has 4 aliphatic rings. The van der Waals surface area contributed by atoms with E-state index in [9.17, 15) is 0 Å². The molecule has 2 N–H and O–H groups in total. The molecule has 1 aromatic carbocycles. The van der Waals surface area contributed by atoms with Crippen LogP contribution in [0, 0.1) is 17.8 Å². The number of hydrogen-bond donors (Lipinski definition) is 2. The molecule has 0 spiro atoms. The van der Waals surface area contributed by atoms with Crippen LogP contribution in [0.25, 0.3) is 10.9 Å².